The van der Waals surface area contributed by atoms with E-state index in [-0.39, 0.29) is 5.90 Å². The molecule has 1 N–H and O–H groups in total. The summed E-state index contributed by atoms with van der Waals surface area (Å²) in [5.74, 6) is -2.19. The predicted molar refractivity (Wildman–Crippen MR) is 85.4 cm³/mol. The molecule has 0 amide bonds. The van der Waals surface area contributed by atoms with E-state index in [2.05, 4.69) is 11.1 Å². The van der Waals surface area contributed by atoms with Crippen molar-refractivity contribution in [3.63, 3.8) is 0 Å². The van der Waals surface area contributed by atoms with Crippen LogP contribution in [0.3, 0.4) is 0 Å². The highest BCUT2D eigenvalue weighted by Crippen LogP contribution is 2.67. The number of rotatable bonds is 3. The molecule has 1 aromatic heterocycles. The monoisotopic (exact) mass is 335 g/mol. The SMILES string of the molecule is CCCC1C2(C)OC(=N)C1(C#N)C(C#N)(C#N)C(c1ccncc1)O2. The van der Waals surface area contributed by atoms with Crippen LogP contribution in [0.4, 0.5) is 0 Å². The Morgan fingerprint density at radius 2 is 1.84 bits per heavy atom. The smallest absolute Gasteiger partial charge is 0.214 e. The normalized spacial score (nSPS) is 35.1. The van der Waals surface area contributed by atoms with Gasteiger partial charge in [-0.05, 0) is 24.1 Å². The van der Waals surface area contributed by atoms with Crippen molar-refractivity contribution in [3.05, 3.63) is 30.1 Å². The van der Waals surface area contributed by atoms with Crippen molar-refractivity contribution in [2.24, 2.45) is 16.7 Å². The third kappa shape index (κ3) is 1.86. The molecule has 0 spiro atoms. The molecular formula is C18H17N5O2. The van der Waals surface area contributed by atoms with Gasteiger partial charge in [0, 0.05) is 19.3 Å². The number of fused-ring (bicyclic) bond motifs is 2. The Bertz CT molecular complexity index is 820. The van der Waals surface area contributed by atoms with Crippen molar-refractivity contribution in [1.29, 1.82) is 21.2 Å². The van der Waals surface area contributed by atoms with E-state index >= 15 is 0 Å². The Balaban J connectivity index is 2.32. The first-order valence-electron chi connectivity index (χ1n) is 8.05. The molecule has 3 rings (SSSR count). The van der Waals surface area contributed by atoms with Crippen molar-refractivity contribution in [1.82, 2.24) is 4.98 Å². The Hall–Kier alpha value is -2.95. The van der Waals surface area contributed by atoms with Gasteiger partial charge < -0.3 is 9.47 Å². The number of nitriles is 3. The van der Waals surface area contributed by atoms with E-state index in [1.54, 1.807) is 19.1 Å². The summed E-state index contributed by atoms with van der Waals surface area (Å²) in [7, 11) is 0. The number of nitrogens with zero attached hydrogens (tertiary/aromatic N) is 4. The molecule has 2 fully saturated rings. The van der Waals surface area contributed by atoms with Gasteiger partial charge in [0.05, 0.1) is 24.1 Å². The number of pyridine rings is 1. The summed E-state index contributed by atoms with van der Waals surface area (Å²) in [6, 6.07) is 9.45. The van der Waals surface area contributed by atoms with Gasteiger partial charge in [-0.3, -0.25) is 10.4 Å². The molecule has 25 heavy (non-hydrogen) atoms. The Labute approximate surface area is 145 Å². The lowest BCUT2D eigenvalue weighted by molar-refractivity contribution is -0.274. The van der Waals surface area contributed by atoms with Crippen LogP contribution in [-0.4, -0.2) is 16.7 Å². The lowest BCUT2D eigenvalue weighted by atomic mass is 9.53. The average molecular weight is 335 g/mol. The van der Waals surface area contributed by atoms with Gasteiger partial charge in [0.25, 0.3) is 0 Å². The lowest BCUT2D eigenvalue weighted by Gasteiger charge is -2.48. The van der Waals surface area contributed by atoms with E-state index in [0.717, 1.165) is 0 Å². The number of ether oxygens (including phenoxy) is 2. The van der Waals surface area contributed by atoms with Gasteiger partial charge in [0.15, 0.2) is 5.41 Å². The molecule has 0 saturated carbocycles. The standard InChI is InChI=1S/C18H17N5O2/c1-3-4-13-16(2)24-14(12-5-7-23-8-6-12)17(9-19,10-20)18(13,11-21)15(22)25-16/h5-8,13-14,22H,3-4H2,1-2H3. The zero-order valence-electron chi connectivity index (χ0n) is 14.0. The molecule has 0 aliphatic carbocycles. The highest BCUT2D eigenvalue weighted by Gasteiger charge is 2.78. The van der Waals surface area contributed by atoms with Gasteiger partial charge in [-0.1, -0.05) is 13.3 Å². The molecule has 3 heterocycles. The van der Waals surface area contributed by atoms with Gasteiger partial charge in [-0.2, -0.15) is 15.8 Å². The van der Waals surface area contributed by atoms with Crippen LogP contribution < -0.4 is 0 Å². The van der Waals surface area contributed by atoms with Crippen LogP contribution in [0.15, 0.2) is 24.5 Å². The third-order valence-corrected chi connectivity index (χ3v) is 5.30. The Kier molecular flexibility index (Phi) is 3.75. The molecule has 2 saturated heterocycles. The maximum atomic E-state index is 10.1. The van der Waals surface area contributed by atoms with E-state index < -0.39 is 28.6 Å². The molecular weight excluding hydrogens is 318 g/mol. The number of nitrogens with one attached hydrogen (secondary N) is 1. The van der Waals surface area contributed by atoms with E-state index in [1.165, 1.54) is 12.4 Å². The van der Waals surface area contributed by atoms with E-state index in [9.17, 15) is 15.8 Å². The zero-order valence-corrected chi connectivity index (χ0v) is 14.0. The highest BCUT2D eigenvalue weighted by atomic mass is 16.7. The summed E-state index contributed by atoms with van der Waals surface area (Å²) in [5.41, 5.74) is -3.03. The molecule has 1 aromatic rings. The van der Waals surface area contributed by atoms with Crippen LogP contribution in [0.5, 0.6) is 0 Å². The van der Waals surface area contributed by atoms with Crippen molar-refractivity contribution >= 4 is 5.90 Å². The van der Waals surface area contributed by atoms with Crippen LogP contribution in [-0.2, 0) is 9.47 Å². The molecule has 4 atom stereocenters. The second kappa shape index (κ2) is 5.55. The van der Waals surface area contributed by atoms with E-state index in [1.807, 2.05) is 19.1 Å². The van der Waals surface area contributed by atoms with E-state index in [4.69, 9.17) is 14.9 Å². The van der Waals surface area contributed by atoms with Crippen LogP contribution in [0.2, 0.25) is 0 Å². The molecule has 2 aliphatic rings. The molecule has 2 aliphatic heterocycles. The predicted octanol–water partition coefficient (Wildman–Crippen LogP) is 2.84. The fraction of sp³-hybridized carbons (Fsp3) is 0.500. The van der Waals surface area contributed by atoms with E-state index in [0.29, 0.717) is 18.4 Å². The second-order valence-corrected chi connectivity index (χ2v) is 6.52. The summed E-state index contributed by atoms with van der Waals surface area (Å²) in [6.07, 6.45) is 3.25. The minimum atomic E-state index is -1.89. The highest BCUT2D eigenvalue weighted by molar-refractivity contribution is 5.89. The Morgan fingerprint density at radius 3 is 2.36 bits per heavy atom. The van der Waals surface area contributed by atoms with Crippen molar-refractivity contribution in [3.8, 4) is 18.2 Å². The van der Waals surface area contributed by atoms with Gasteiger partial charge in [0.1, 0.15) is 6.10 Å². The maximum Gasteiger partial charge on any atom is 0.214 e. The van der Waals surface area contributed by atoms with Crippen LogP contribution >= 0.6 is 0 Å². The molecule has 4 unspecified atom stereocenters. The minimum Gasteiger partial charge on any atom is -0.448 e. The number of hydrogen-bond donors (Lipinski definition) is 1. The summed E-state index contributed by atoms with van der Waals surface area (Å²) in [5, 5.41) is 38.4. The average Bonchev–Trinajstić information content (AvgIpc) is 2.79. The number of hydrogen-bond acceptors (Lipinski definition) is 7. The summed E-state index contributed by atoms with van der Waals surface area (Å²) in [4.78, 5) is 3.95. The maximum absolute atomic E-state index is 10.1. The first-order chi connectivity index (χ1) is 12.0. The fourth-order valence-electron chi connectivity index (χ4n) is 4.15. The Morgan fingerprint density at radius 1 is 1.20 bits per heavy atom. The van der Waals surface area contributed by atoms with Gasteiger partial charge in [-0.15, -0.1) is 0 Å². The summed E-state index contributed by atoms with van der Waals surface area (Å²) < 4.78 is 11.8. The molecule has 7 heteroatoms. The van der Waals surface area contributed by atoms with Crippen molar-refractivity contribution < 1.29 is 9.47 Å². The summed E-state index contributed by atoms with van der Waals surface area (Å²) >= 11 is 0. The zero-order chi connectivity index (χ0) is 18.3. The first-order valence-corrected chi connectivity index (χ1v) is 8.05. The minimum absolute atomic E-state index is 0.365. The van der Waals surface area contributed by atoms with Crippen LogP contribution in [0.1, 0.15) is 38.4 Å². The van der Waals surface area contributed by atoms with Crippen LogP contribution in [0.25, 0.3) is 0 Å². The van der Waals surface area contributed by atoms with Crippen LogP contribution in [0, 0.1) is 56.2 Å². The molecule has 0 aromatic carbocycles. The van der Waals surface area contributed by atoms with Crippen molar-refractivity contribution in [2.45, 2.75) is 38.6 Å². The topological polar surface area (TPSA) is 127 Å². The quantitative estimate of drug-likeness (QED) is 0.904. The molecule has 2 bridgehead atoms. The number of aromatic nitrogens is 1. The fourth-order valence-corrected chi connectivity index (χ4v) is 4.15. The summed E-state index contributed by atoms with van der Waals surface area (Å²) in [6.45, 7) is 3.61. The molecule has 126 valence electrons. The largest absolute Gasteiger partial charge is 0.448 e. The molecule has 7 nitrogen and oxygen atoms in total. The first kappa shape index (κ1) is 16.9. The lowest BCUT2D eigenvalue weighted by Crippen LogP contribution is -2.58. The van der Waals surface area contributed by atoms with Gasteiger partial charge in [-0.25, -0.2) is 0 Å². The third-order valence-electron chi connectivity index (χ3n) is 5.30. The van der Waals surface area contributed by atoms with Gasteiger partial charge in [0.2, 0.25) is 17.1 Å². The van der Waals surface area contributed by atoms with Gasteiger partial charge >= 0.3 is 0 Å². The molecule has 0 radical (unpaired) electrons. The second-order valence-electron chi connectivity index (χ2n) is 6.52. The van der Waals surface area contributed by atoms with Crippen molar-refractivity contribution in [2.75, 3.05) is 0 Å².